The summed E-state index contributed by atoms with van der Waals surface area (Å²) in [6.45, 7) is -5.28. The molecule has 0 saturated heterocycles. The van der Waals surface area contributed by atoms with Crippen LogP contribution < -0.4 is 56.8 Å². The molecule has 0 aliphatic carbocycles. The first kappa shape index (κ1) is 16.5. The fourth-order valence-electron chi connectivity index (χ4n) is 1.10. The largest absolute Gasteiger partial charge is 1.00 e. The average molecular weight is 276 g/mol. The van der Waals surface area contributed by atoms with E-state index in [0.717, 1.165) is 13.2 Å². The Kier molecular flexibility index (Phi) is 6.61. The molecule has 8 heteroatoms. The van der Waals surface area contributed by atoms with Crippen LogP contribution in [0.4, 0.5) is 12.9 Å². The third kappa shape index (κ3) is 4.05. The van der Waals surface area contributed by atoms with Crippen LogP contribution in [0.5, 0.6) is 0 Å². The van der Waals surface area contributed by atoms with Crippen molar-refractivity contribution >= 4 is 30.0 Å². The molecule has 1 aromatic rings. The Hall–Kier alpha value is 0.471. The standard InChI is InChI=1S/C8H6BClF3O2.K/c1-15-8(14)6-3-2-5(10)4-7(6)9(11,12)13;/h2-4H,1H3;/q-1;+1. The predicted octanol–water partition coefficient (Wildman–Crippen LogP) is -0.815. The summed E-state index contributed by atoms with van der Waals surface area (Å²) in [5.74, 6) is -1.03. The van der Waals surface area contributed by atoms with Gasteiger partial charge in [-0.2, -0.15) is 0 Å². The van der Waals surface area contributed by atoms with Crippen molar-refractivity contribution in [2.24, 2.45) is 0 Å². The van der Waals surface area contributed by atoms with Gasteiger partial charge in [-0.15, -0.1) is 0 Å². The number of rotatable bonds is 2. The second-order valence-corrected chi connectivity index (χ2v) is 3.23. The number of halogens is 4. The number of methoxy groups -OCH3 is 1. The molecule has 0 atom stereocenters. The molecule has 0 aliphatic heterocycles. The van der Waals surface area contributed by atoms with Crippen molar-refractivity contribution in [1.29, 1.82) is 0 Å². The van der Waals surface area contributed by atoms with E-state index in [1.165, 1.54) is 6.07 Å². The van der Waals surface area contributed by atoms with E-state index in [1.807, 2.05) is 0 Å². The Morgan fingerprint density at radius 2 is 1.94 bits per heavy atom. The summed E-state index contributed by atoms with van der Waals surface area (Å²) in [7, 11) is 1.02. The number of hydrogen-bond donors (Lipinski definition) is 0. The van der Waals surface area contributed by atoms with Crippen molar-refractivity contribution < 1.29 is 73.9 Å². The quantitative estimate of drug-likeness (QED) is 0.521. The SMILES string of the molecule is COC(=O)c1ccc(Cl)cc1[B-](F)(F)F.[K+]. The molecule has 2 nitrogen and oxygen atoms in total. The fraction of sp³-hybridized carbons (Fsp3) is 0.125. The number of hydrogen-bond acceptors (Lipinski definition) is 2. The monoisotopic (exact) mass is 276 g/mol. The molecule has 1 rings (SSSR count). The molecule has 0 fully saturated rings. The number of benzene rings is 1. The van der Waals surface area contributed by atoms with Gasteiger partial charge >= 0.3 is 64.3 Å². The summed E-state index contributed by atoms with van der Waals surface area (Å²) in [6, 6.07) is 2.92. The van der Waals surface area contributed by atoms with E-state index in [4.69, 9.17) is 11.6 Å². The van der Waals surface area contributed by atoms with Crippen LogP contribution in [-0.2, 0) is 4.74 Å². The Bertz CT molecular complexity index is 397. The van der Waals surface area contributed by atoms with Crippen molar-refractivity contribution in [3.05, 3.63) is 28.8 Å². The first-order valence-corrected chi connectivity index (χ1v) is 4.31. The van der Waals surface area contributed by atoms with Gasteiger partial charge in [-0.05, 0) is 12.1 Å². The maximum absolute atomic E-state index is 12.5. The molecule has 0 spiro atoms. The van der Waals surface area contributed by atoms with Crippen molar-refractivity contribution in [3.63, 3.8) is 0 Å². The van der Waals surface area contributed by atoms with Crippen LogP contribution in [0.15, 0.2) is 18.2 Å². The third-order valence-corrected chi connectivity index (χ3v) is 2.01. The normalized spacial score (nSPS) is 10.6. The van der Waals surface area contributed by atoms with Gasteiger partial charge in [0.05, 0.1) is 7.11 Å². The molecule has 0 saturated carbocycles. The first-order valence-electron chi connectivity index (χ1n) is 3.94. The fourth-order valence-corrected chi connectivity index (χ4v) is 1.28. The topological polar surface area (TPSA) is 26.3 Å². The van der Waals surface area contributed by atoms with Gasteiger partial charge in [0.2, 0.25) is 0 Å². The van der Waals surface area contributed by atoms with E-state index in [2.05, 4.69) is 4.74 Å². The van der Waals surface area contributed by atoms with Gasteiger partial charge in [0, 0.05) is 10.6 Å². The zero-order chi connectivity index (χ0) is 11.6. The average Bonchev–Trinajstić information content (AvgIpc) is 2.15. The second kappa shape index (κ2) is 6.42. The van der Waals surface area contributed by atoms with E-state index in [-0.39, 0.29) is 56.4 Å². The van der Waals surface area contributed by atoms with E-state index < -0.39 is 24.0 Å². The van der Waals surface area contributed by atoms with Gasteiger partial charge in [-0.1, -0.05) is 23.1 Å². The molecule has 0 bridgehead atoms. The molecule has 1 aromatic carbocycles. The number of carbonyl (C=O) groups is 1. The molecule has 0 amide bonds. The number of carbonyl (C=O) groups excluding carboxylic acids is 1. The van der Waals surface area contributed by atoms with Gasteiger partial charge in [0.15, 0.2) is 0 Å². The molecule has 0 aromatic heterocycles. The van der Waals surface area contributed by atoms with Crippen molar-refractivity contribution in [2.75, 3.05) is 7.11 Å². The molecule has 0 N–H and O–H groups in total. The molecule has 16 heavy (non-hydrogen) atoms. The van der Waals surface area contributed by atoms with Crippen LogP contribution in [-0.4, -0.2) is 20.1 Å². The van der Waals surface area contributed by atoms with Crippen molar-refractivity contribution in [3.8, 4) is 0 Å². The minimum absolute atomic E-state index is 0. The minimum Gasteiger partial charge on any atom is -0.465 e. The Morgan fingerprint density at radius 1 is 1.38 bits per heavy atom. The minimum atomic E-state index is -5.28. The summed E-state index contributed by atoms with van der Waals surface area (Å²) < 4.78 is 41.8. The van der Waals surface area contributed by atoms with E-state index in [1.54, 1.807) is 0 Å². The smallest absolute Gasteiger partial charge is 0.465 e. The van der Waals surface area contributed by atoms with E-state index in [0.29, 0.717) is 6.07 Å². The predicted molar refractivity (Wildman–Crippen MR) is 51.5 cm³/mol. The zero-order valence-electron chi connectivity index (χ0n) is 8.64. The van der Waals surface area contributed by atoms with Crippen LogP contribution in [0, 0.1) is 0 Å². The molecule has 0 aliphatic rings. The van der Waals surface area contributed by atoms with Crippen molar-refractivity contribution in [1.82, 2.24) is 0 Å². The molecular formula is C8H6BClF3KO2. The Balaban J connectivity index is 0.00000225. The van der Waals surface area contributed by atoms with Crippen LogP contribution >= 0.6 is 11.6 Å². The van der Waals surface area contributed by atoms with Crippen LogP contribution in [0.3, 0.4) is 0 Å². The van der Waals surface area contributed by atoms with Gasteiger partial charge in [-0.25, -0.2) is 4.79 Å². The van der Waals surface area contributed by atoms with E-state index in [9.17, 15) is 17.7 Å². The van der Waals surface area contributed by atoms with Gasteiger partial charge in [0.25, 0.3) is 0 Å². The molecule has 0 radical (unpaired) electrons. The molecule has 0 heterocycles. The molecular weight excluding hydrogens is 270 g/mol. The number of esters is 1. The summed E-state index contributed by atoms with van der Waals surface area (Å²) in [5.41, 5.74) is -1.55. The van der Waals surface area contributed by atoms with Crippen LogP contribution in [0.1, 0.15) is 10.4 Å². The molecule has 0 unspecified atom stereocenters. The van der Waals surface area contributed by atoms with Crippen LogP contribution in [0.25, 0.3) is 0 Å². The Morgan fingerprint density at radius 3 is 2.38 bits per heavy atom. The summed E-state index contributed by atoms with van der Waals surface area (Å²) in [5, 5.41) is -0.0724. The maximum atomic E-state index is 12.5. The molecule has 82 valence electrons. The van der Waals surface area contributed by atoms with Crippen LogP contribution in [0.2, 0.25) is 5.02 Å². The van der Waals surface area contributed by atoms with Crippen molar-refractivity contribution in [2.45, 2.75) is 0 Å². The Labute approximate surface area is 138 Å². The third-order valence-electron chi connectivity index (χ3n) is 1.77. The van der Waals surface area contributed by atoms with Gasteiger partial charge < -0.3 is 17.7 Å². The first-order chi connectivity index (χ1) is 6.86. The second-order valence-electron chi connectivity index (χ2n) is 2.80. The van der Waals surface area contributed by atoms with Gasteiger partial charge in [0.1, 0.15) is 0 Å². The summed E-state index contributed by atoms with van der Waals surface area (Å²) in [6.07, 6.45) is 0. The maximum Gasteiger partial charge on any atom is 1.00 e. The van der Waals surface area contributed by atoms with Gasteiger partial charge in [-0.3, -0.25) is 0 Å². The zero-order valence-corrected chi connectivity index (χ0v) is 12.5. The summed E-state index contributed by atoms with van der Waals surface area (Å²) in [4.78, 5) is 11.0. The summed E-state index contributed by atoms with van der Waals surface area (Å²) >= 11 is 5.43. The van der Waals surface area contributed by atoms with E-state index >= 15 is 0 Å². The number of ether oxygens (including phenoxy) is 1.